The second kappa shape index (κ2) is 26.2. The number of hydrogen-bond acceptors (Lipinski definition) is 8. The van der Waals surface area contributed by atoms with Crippen LogP contribution < -0.4 is 29.6 Å². The fourth-order valence-corrected chi connectivity index (χ4v) is 0. The van der Waals surface area contributed by atoms with Crippen molar-refractivity contribution >= 4 is 49.0 Å². The van der Waals surface area contributed by atoms with Gasteiger partial charge in [0.15, 0.2) is 0 Å². The molecule has 0 aliphatic carbocycles. The third-order valence-electron chi connectivity index (χ3n) is 0.403. The van der Waals surface area contributed by atoms with Crippen LogP contribution in [0.25, 0.3) is 0 Å². The van der Waals surface area contributed by atoms with Crippen LogP contribution in [0.5, 0.6) is 0 Å². The first-order chi connectivity index (χ1) is 9.08. The molecule has 0 aliphatic heterocycles. The molecule has 0 radical (unpaired) electrons. The molecule has 4 N–H and O–H groups in total. The number of carbonyl (C=O) groups excluding carboxylic acids is 4. The van der Waals surface area contributed by atoms with E-state index in [1.54, 1.807) is 0 Å². The molecule has 0 aromatic heterocycles. The monoisotopic (exact) mass is 320 g/mol. The Bertz CT molecular complexity index is 307. The molecule has 0 saturated carbocycles. The topological polar surface area (TPSA) is 217 Å². The third-order valence-corrected chi connectivity index (χ3v) is 0.403. The zero-order chi connectivity index (χ0) is 17.1. The third kappa shape index (κ3) is 138. The minimum Gasteiger partial charge on any atom is -1.00 e. The van der Waals surface area contributed by atoms with E-state index in [2.05, 4.69) is 0 Å². The van der Waals surface area contributed by atoms with Gasteiger partial charge < -0.3 is 21.9 Å². The van der Waals surface area contributed by atoms with E-state index in [-0.39, 0.29) is 56.1 Å². The van der Waals surface area contributed by atoms with Crippen LogP contribution in [0.3, 0.4) is 0 Å². The first kappa shape index (κ1) is 31.1. The Morgan fingerprint density at radius 3 is 0.571 bits per heavy atom. The van der Waals surface area contributed by atoms with E-state index < -0.39 is 23.9 Å². The van der Waals surface area contributed by atoms with Crippen LogP contribution in [-0.2, 0) is 38.4 Å². The molecule has 0 saturated heterocycles. The molecular formula is C8H9NaO12. The Morgan fingerprint density at radius 2 is 0.571 bits per heavy atom. The predicted molar refractivity (Wildman–Crippen MR) is 55.9 cm³/mol. The molecule has 0 heterocycles. The molecule has 0 rings (SSSR count). The fraction of sp³-hybridized carbons (Fsp3) is 0. The average Bonchev–Trinajstić information content (AvgIpc) is 2.40. The molecule has 12 nitrogen and oxygen atoms in total. The van der Waals surface area contributed by atoms with Crippen molar-refractivity contribution in [3.8, 4) is 0 Å². The summed E-state index contributed by atoms with van der Waals surface area (Å²) in [5.74, 6) is -5.70. The standard InChI is InChI=1S/4C2H2O3.Na.H/c4*3-1-2(4)5;;/h4*1H,(H,4,5);;/q;;;;+1;-1. The molecule has 0 spiro atoms. The minimum atomic E-state index is -1.43. The summed E-state index contributed by atoms with van der Waals surface area (Å²) in [6.07, 6.45) is -0.667. The van der Waals surface area contributed by atoms with Gasteiger partial charge >= 0.3 is 53.4 Å². The van der Waals surface area contributed by atoms with E-state index in [1.165, 1.54) is 0 Å². The van der Waals surface area contributed by atoms with Gasteiger partial charge in [0.1, 0.15) is 0 Å². The van der Waals surface area contributed by atoms with Crippen molar-refractivity contribution < 1.29 is 89.8 Å². The maximum absolute atomic E-state index is 9.00. The molecule has 0 aliphatic rings. The van der Waals surface area contributed by atoms with Gasteiger partial charge in [-0.1, -0.05) is 0 Å². The molecule has 13 heteroatoms. The minimum absolute atomic E-state index is 0. The maximum Gasteiger partial charge on any atom is 1.00 e. The van der Waals surface area contributed by atoms with Crippen LogP contribution >= 0.6 is 0 Å². The second-order valence-corrected chi connectivity index (χ2v) is 1.82. The van der Waals surface area contributed by atoms with Crippen molar-refractivity contribution in [1.82, 2.24) is 0 Å². The number of carboxylic acids is 4. The first-order valence-electron chi connectivity index (χ1n) is 3.81. The van der Waals surface area contributed by atoms with Crippen molar-refractivity contribution in [2.75, 3.05) is 0 Å². The number of hydrogen-bond donors (Lipinski definition) is 4. The Labute approximate surface area is 139 Å². The number of carbonyl (C=O) groups is 8. The van der Waals surface area contributed by atoms with Crippen LogP contribution in [0.2, 0.25) is 0 Å². The summed E-state index contributed by atoms with van der Waals surface area (Å²) in [5, 5.41) is 29.4. The van der Waals surface area contributed by atoms with E-state index in [0.29, 0.717) is 0 Å². The Balaban J connectivity index is -0.0000000376. The first-order valence-corrected chi connectivity index (χ1v) is 3.81. The van der Waals surface area contributed by atoms with Gasteiger partial charge in [-0.2, -0.15) is 0 Å². The van der Waals surface area contributed by atoms with Crippen LogP contribution in [0.15, 0.2) is 0 Å². The summed E-state index contributed by atoms with van der Waals surface area (Å²) in [6, 6.07) is 0. The number of rotatable bonds is 4. The molecule has 0 bridgehead atoms. The van der Waals surface area contributed by atoms with Crippen LogP contribution in [-0.4, -0.2) is 69.4 Å². The summed E-state index contributed by atoms with van der Waals surface area (Å²) in [4.78, 5) is 71.6. The molecular weight excluding hydrogens is 311 g/mol. The summed E-state index contributed by atoms with van der Waals surface area (Å²) < 4.78 is 0. The quantitative estimate of drug-likeness (QED) is 0.216. The van der Waals surface area contributed by atoms with Gasteiger partial charge in [-0.05, 0) is 0 Å². The molecule has 0 fully saturated rings. The van der Waals surface area contributed by atoms with Crippen molar-refractivity contribution in [2.24, 2.45) is 0 Å². The van der Waals surface area contributed by atoms with Crippen LogP contribution in [0.4, 0.5) is 0 Å². The van der Waals surface area contributed by atoms with E-state index >= 15 is 0 Å². The summed E-state index contributed by atoms with van der Waals surface area (Å²) in [5.41, 5.74) is 0. The van der Waals surface area contributed by atoms with Crippen molar-refractivity contribution in [3.63, 3.8) is 0 Å². The molecule has 0 unspecified atom stereocenters. The van der Waals surface area contributed by atoms with Gasteiger partial charge in [-0.15, -0.1) is 0 Å². The zero-order valence-electron chi connectivity index (χ0n) is 11.4. The van der Waals surface area contributed by atoms with E-state index in [9.17, 15) is 0 Å². The second-order valence-electron chi connectivity index (χ2n) is 1.82. The fourth-order valence-electron chi connectivity index (χ4n) is 0. The molecule has 0 aromatic rings. The number of aldehydes is 4. The largest absolute Gasteiger partial charge is 1.00 e. The van der Waals surface area contributed by atoms with Crippen LogP contribution in [0.1, 0.15) is 1.43 Å². The van der Waals surface area contributed by atoms with Gasteiger partial charge in [-0.25, -0.2) is 19.2 Å². The van der Waals surface area contributed by atoms with E-state index in [0.717, 1.165) is 0 Å². The molecule has 21 heavy (non-hydrogen) atoms. The summed E-state index contributed by atoms with van der Waals surface area (Å²) >= 11 is 0. The molecule has 0 aromatic carbocycles. The van der Waals surface area contributed by atoms with Crippen molar-refractivity contribution in [1.29, 1.82) is 0 Å². The average molecular weight is 320 g/mol. The SMILES string of the molecule is O=CC(=O)O.O=CC(=O)O.O=CC(=O)O.O=CC(=O)O.[H-].[Na+]. The molecule has 0 atom stereocenters. The number of carboxylic acid groups (broad SMARTS) is 4. The van der Waals surface area contributed by atoms with Crippen molar-refractivity contribution in [3.05, 3.63) is 0 Å². The molecule has 114 valence electrons. The summed E-state index contributed by atoms with van der Waals surface area (Å²) in [7, 11) is 0. The van der Waals surface area contributed by atoms with E-state index in [4.69, 9.17) is 58.8 Å². The maximum atomic E-state index is 9.00. The molecule has 0 amide bonds. The van der Waals surface area contributed by atoms with Gasteiger partial charge in [0, 0.05) is 0 Å². The van der Waals surface area contributed by atoms with Crippen molar-refractivity contribution in [2.45, 2.75) is 0 Å². The zero-order valence-corrected chi connectivity index (χ0v) is 12.4. The van der Waals surface area contributed by atoms with Gasteiger partial charge in [-0.3, -0.25) is 19.2 Å². The summed E-state index contributed by atoms with van der Waals surface area (Å²) in [6.45, 7) is 0. The predicted octanol–water partition coefficient (Wildman–Crippen LogP) is -5.80. The Kier molecular flexibility index (Phi) is 38.8. The van der Waals surface area contributed by atoms with Gasteiger partial charge in [0.25, 0.3) is 0 Å². The number of aliphatic carboxylic acids is 4. The Hall–Kier alpha value is -2.44. The normalized spacial score (nSPS) is 6.10. The van der Waals surface area contributed by atoms with Crippen LogP contribution in [0, 0.1) is 0 Å². The smallest absolute Gasteiger partial charge is 1.00 e. The Morgan fingerprint density at radius 1 is 0.524 bits per heavy atom. The van der Waals surface area contributed by atoms with Gasteiger partial charge in [0.2, 0.25) is 25.1 Å². The van der Waals surface area contributed by atoms with Gasteiger partial charge in [0.05, 0.1) is 0 Å². The van der Waals surface area contributed by atoms with E-state index in [1.807, 2.05) is 0 Å².